The molecule has 0 spiro atoms. The summed E-state index contributed by atoms with van der Waals surface area (Å²) in [6.45, 7) is 9.47. The van der Waals surface area contributed by atoms with Crippen LogP contribution in [0, 0.1) is 0 Å². The Kier molecular flexibility index (Phi) is 7.26. The number of hydrogen-bond donors (Lipinski definition) is 1. The minimum atomic E-state index is -0.458. The molecule has 17 heavy (non-hydrogen) atoms. The quantitative estimate of drug-likeness (QED) is 0.551. The van der Waals surface area contributed by atoms with Crippen molar-refractivity contribution in [1.29, 1.82) is 0 Å². The van der Waals surface area contributed by atoms with Crippen molar-refractivity contribution in [1.82, 2.24) is 5.32 Å². The number of carbonyl (C=O) groups is 2. The van der Waals surface area contributed by atoms with Gasteiger partial charge in [0, 0.05) is 13.0 Å². The summed E-state index contributed by atoms with van der Waals surface area (Å²) in [7, 11) is 0. The molecule has 4 heteroatoms. The maximum absolute atomic E-state index is 11.2. The lowest BCUT2D eigenvalue weighted by Gasteiger charge is -2.19. The third kappa shape index (κ3) is 11.0. The summed E-state index contributed by atoms with van der Waals surface area (Å²) in [6.07, 6.45) is 4.09. The molecule has 0 aliphatic carbocycles. The molecule has 0 saturated carbocycles. The van der Waals surface area contributed by atoms with Crippen LogP contribution < -0.4 is 5.32 Å². The number of ether oxygens (including phenoxy) is 1. The lowest BCUT2D eigenvalue weighted by Crippen LogP contribution is -2.32. The van der Waals surface area contributed by atoms with Gasteiger partial charge in [-0.05, 0) is 39.7 Å². The van der Waals surface area contributed by atoms with Crippen molar-refractivity contribution in [3.05, 3.63) is 12.7 Å². The Morgan fingerprint density at radius 2 is 1.88 bits per heavy atom. The number of allylic oxidation sites excluding steroid dienone is 1. The van der Waals surface area contributed by atoms with Gasteiger partial charge in [0.2, 0.25) is 0 Å². The molecule has 0 fully saturated rings. The van der Waals surface area contributed by atoms with Crippen LogP contribution in [-0.2, 0) is 9.53 Å². The van der Waals surface area contributed by atoms with Crippen molar-refractivity contribution in [3.63, 3.8) is 0 Å². The van der Waals surface area contributed by atoms with Crippen LogP contribution in [0.15, 0.2) is 12.7 Å². The van der Waals surface area contributed by atoms with Gasteiger partial charge in [-0.1, -0.05) is 13.0 Å². The van der Waals surface area contributed by atoms with Gasteiger partial charge in [-0.15, -0.1) is 0 Å². The molecule has 0 saturated heterocycles. The van der Waals surface area contributed by atoms with Gasteiger partial charge >= 0.3 is 6.09 Å². The minimum Gasteiger partial charge on any atom is -0.444 e. The fraction of sp³-hybridized carbons (Fsp3) is 0.692. The van der Waals surface area contributed by atoms with E-state index < -0.39 is 5.60 Å². The fourth-order valence-corrected chi connectivity index (χ4v) is 1.21. The van der Waals surface area contributed by atoms with Gasteiger partial charge < -0.3 is 10.1 Å². The first-order valence-corrected chi connectivity index (χ1v) is 5.97. The average Bonchev–Trinajstić information content (AvgIpc) is 2.20. The Morgan fingerprint density at radius 1 is 1.24 bits per heavy atom. The smallest absolute Gasteiger partial charge is 0.407 e. The summed E-state index contributed by atoms with van der Waals surface area (Å²) in [5.74, 6) is 0.0742. The Balaban J connectivity index is 3.43. The molecule has 0 bridgehead atoms. The summed E-state index contributed by atoms with van der Waals surface area (Å²) in [5, 5.41) is 2.68. The van der Waals surface area contributed by atoms with Gasteiger partial charge in [-0.3, -0.25) is 4.79 Å². The number of hydrogen-bond acceptors (Lipinski definition) is 3. The summed E-state index contributed by atoms with van der Waals surface area (Å²) in [4.78, 5) is 22.1. The number of alkyl carbamates (subject to hydrolysis) is 1. The second-order valence-electron chi connectivity index (χ2n) is 4.91. The lowest BCUT2D eigenvalue weighted by molar-refractivity contribution is -0.114. The Hall–Kier alpha value is -1.32. The molecule has 0 aliphatic heterocycles. The topological polar surface area (TPSA) is 55.4 Å². The number of nitrogens with one attached hydrogen (secondary N) is 1. The maximum atomic E-state index is 11.2. The number of amides is 1. The molecule has 0 unspecified atom stereocenters. The average molecular weight is 241 g/mol. The molecule has 0 radical (unpaired) electrons. The third-order valence-electron chi connectivity index (χ3n) is 2.00. The first-order chi connectivity index (χ1) is 7.85. The zero-order chi connectivity index (χ0) is 13.3. The van der Waals surface area contributed by atoms with E-state index in [2.05, 4.69) is 11.9 Å². The molecule has 1 N–H and O–H groups in total. The van der Waals surface area contributed by atoms with Crippen LogP contribution in [0.3, 0.4) is 0 Å². The van der Waals surface area contributed by atoms with Crippen LogP contribution in [0.2, 0.25) is 0 Å². The molecule has 1 amide bonds. The molecule has 0 aromatic rings. The molecule has 98 valence electrons. The Bertz CT molecular complexity index is 266. The highest BCUT2D eigenvalue weighted by molar-refractivity contribution is 5.88. The van der Waals surface area contributed by atoms with Crippen LogP contribution in [0.1, 0.15) is 46.5 Å². The highest BCUT2D eigenvalue weighted by Crippen LogP contribution is 2.06. The molecule has 0 aromatic carbocycles. The molecule has 0 aromatic heterocycles. The van der Waals surface area contributed by atoms with Crippen LogP contribution in [0.25, 0.3) is 0 Å². The molecular weight excluding hydrogens is 218 g/mol. The first kappa shape index (κ1) is 15.7. The van der Waals surface area contributed by atoms with E-state index in [1.54, 1.807) is 0 Å². The Morgan fingerprint density at radius 3 is 2.41 bits per heavy atom. The highest BCUT2D eigenvalue weighted by Gasteiger charge is 2.15. The van der Waals surface area contributed by atoms with E-state index in [1.807, 2.05) is 20.8 Å². The van der Waals surface area contributed by atoms with E-state index in [4.69, 9.17) is 4.74 Å². The normalized spacial score (nSPS) is 10.8. The summed E-state index contributed by atoms with van der Waals surface area (Å²) < 4.78 is 5.08. The van der Waals surface area contributed by atoms with Gasteiger partial charge in [-0.2, -0.15) is 0 Å². The standard InChI is InChI=1S/C13H23NO3/c1-5-11(15)9-7-6-8-10-14-12(16)17-13(2,3)4/h5H,1,6-10H2,2-4H3,(H,14,16). The maximum Gasteiger partial charge on any atom is 0.407 e. The number of carbonyl (C=O) groups excluding carboxylic acids is 2. The van der Waals surface area contributed by atoms with E-state index >= 15 is 0 Å². The predicted octanol–water partition coefficient (Wildman–Crippen LogP) is 2.83. The van der Waals surface area contributed by atoms with Crippen LogP contribution in [0.4, 0.5) is 4.79 Å². The van der Waals surface area contributed by atoms with E-state index in [-0.39, 0.29) is 11.9 Å². The lowest BCUT2D eigenvalue weighted by atomic mass is 10.1. The van der Waals surface area contributed by atoms with Crippen molar-refractivity contribution in [3.8, 4) is 0 Å². The zero-order valence-corrected chi connectivity index (χ0v) is 11.0. The van der Waals surface area contributed by atoms with Gasteiger partial charge in [0.15, 0.2) is 5.78 Å². The van der Waals surface area contributed by atoms with Gasteiger partial charge in [-0.25, -0.2) is 4.79 Å². The van der Waals surface area contributed by atoms with Crippen molar-refractivity contribution < 1.29 is 14.3 Å². The van der Waals surface area contributed by atoms with Crippen molar-refractivity contribution in [2.75, 3.05) is 6.54 Å². The predicted molar refractivity (Wildman–Crippen MR) is 67.9 cm³/mol. The molecule has 0 aliphatic rings. The van der Waals surface area contributed by atoms with E-state index in [1.165, 1.54) is 6.08 Å². The highest BCUT2D eigenvalue weighted by atomic mass is 16.6. The SMILES string of the molecule is C=CC(=O)CCCCCNC(=O)OC(C)(C)C. The van der Waals surface area contributed by atoms with Gasteiger partial charge in [0.25, 0.3) is 0 Å². The summed E-state index contributed by atoms with van der Waals surface area (Å²) in [5.41, 5.74) is -0.458. The van der Waals surface area contributed by atoms with Crippen molar-refractivity contribution in [2.24, 2.45) is 0 Å². The van der Waals surface area contributed by atoms with Gasteiger partial charge in [0.1, 0.15) is 5.60 Å². The largest absolute Gasteiger partial charge is 0.444 e. The van der Waals surface area contributed by atoms with Gasteiger partial charge in [0.05, 0.1) is 0 Å². The summed E-state index contributed by atoms with van der Waals surface area (Å²) in [6, 6.07) is 0. The Labute approximate surface area is 103 Å². The third-order valence-corrected chi connectivity index (χ3v) is 2.00. The number of ketones is 1. The van der Waals surface area contributed by atoms with Crippen LogP contribution >= 0.6 is 0 Å². The van der Waals surface area contributed by atoms with E-state index in [0.717, 1.165) is 19.3 Å². The van der Waals surface area contributed by atoms with E-state index in [9.17, 15) is 9.59 Å². The molecule has 0 atom stereocenters. The molecule has 0 rings (SSSR count). The first-order valence-electron chi connectivity index (χ1n) is 5.97. The number of unbranched alkanes of at least 4 members (excludes halogenated alkanes) is 2. The molecule has 4 nitrogen and oxygen atoms in total. The second-order valence-corrected chi connectivity index (χ2v) is 4.91. The monoisotopic (exact) mass is 241 g/mol. The number of rotatable bonds is 7. The zero-order valence-electron chi connectivity index (χ0n) is 11.0. The van der Waals surface area contributed by atoms with Crippen molar-refractivity contribution in [2.45, 2.75) is 52.1 Å². The van der Waals surface area contributed by atoms with Crippen molar-refractivity contribution >= 4 is 11.9 Å². The van der Waals surface area contributed by atoms with Crippen LogP contribution in [0.5, 0.6) is 0 Å². The fourth-order valence-electron chi connectivity index (χ4n) is 1.21. The van der Waals surface area contributed by atoms with E-state index in [0.29, 0.717) is 13.0 Å². The molecule has 0 heterocycles. The molecular formula is C13H23NO3. The summed E-state index contributed by atoms with van der Waals surface area (Å²) >= 11 is 0. The minimum absolute atomic E-state index is 0.0742. The van der Waals surface area contributed by atoms with Crippen LogP contribution in [-0.4, -0.2) is 24.0 Å². The second kappa shape index (κ2) is 7.87.